The van der Waals surface area contributed by atoms with Crippen LogP contribution in [0.5, 0.6) is 0 Å². The van der Waals surface area contributed by atoms with Gasteiger partial charge in [0.05, 0.1) is 0 Å². The van der Waals surface area contributed by atoms with Crippen LogP contribution in [0.4, 0.5) is 0 Å². The molecule has 0 aliphatic rings. The van der Waals surface area contributed by atoms with Crippen molar-refractivity contribution in [3.05, 3.63) is 0 Å². The van der Waals surface area contributed by atoms with E-state index in [4.69, 9.17) is 0 Å². The minimum absolute atomic E-state index is 0. The van der Waals surface area contributed by atoms with Crippen molar-refractivity contribution in [2.75, 3.05) is 0 Å². The second kappa shape index (κ2) is 15.7. The van der Waals surface area contributed by atoms with Crippen LogP contribution in [0, 0.1) is 0 Å². The van der Waals surface area contributed by atoms with Gasteiger partial charge in [-0.05, 0) is 0 Å². The first-order chi connectivity index (χ1) is 2.41. The molecule has 0 fully saturated rings. The van der Waals surface area contributed by atoms with Gasteiger partial charge in [0, 0.05) is 0 Å². The van der Waals surface area contributed by atoms with E-state index >= 15 is 0 Å². The summed E-state index contributed by atoms with van der Waals surface area (Å²) in [6, 6.07) is 0. The molecule has 52 valence electrons. The van der Waals surface area contributed by atoms with Crippen LogP contribution in [0.1, 0.15) is 13.8 Å². The zero-order valence-electron chi connectivity index (χ0n) is 4.55. The Balaban J connectivity index is -0.0000000800. The van der Waals surface area contributed by atoms with E-state index in [1.807, 2.05) is 14.4 Å². The van der Waals surface area contributed by atoms with Gasteiger partial charge in [-0.15, -0.1) is 24.8 Å². The number of hydrogen-bond acceptors (Lipinski definition) is 0. The van der Waals surface area contributed by atoms with Crippen LogP contribution < -0.4 is 0 Å². The zero-order chi connectivity index (χ0) is 4.12. The molecular formula is C4H12Cl2Ni. The smallest absolute Gasteiger partial charge is 0.147 e. The van der Waals surface area contributed by atoms with Crippen LogP contribution in [-0.4, -0.2) is 0 Å². The first kappa shape index (κ1) is 15.7. The molecule has 0 aromatic heterocycles. The van der Waals surface area contributed by atoms with E-state index in [1.165, 1.54) is 10.8 Å². The second-order valence-corrected chi connectivity index (χ2v) is 2.50. The summed E-state index contributed by atoms with van der Waals surface area (Å²) in [5.74, 6) is 0. The summed E-state index contributed by atoms with van der Waals surface area (Å²) in [7, 11) is 0. The molecule has 0 aliphatic heterocycles. The van der Waals surface area contributed by atoms with Crippen LogP contribution in [0.15, 0.2) is 0 Å². The molecule has 0 radical (unpaired) electrons. The third kappa shape index (κ3) is 19.3. The fraction of sp³-hybridized carbons (Fsp3) is 1.00. The molecule has 0 atom stereocenters. The fourth-order valence-corrected chi connectivity index (χ4v) is 0.652. The van der Waals surface area contributed by atoms with E-state index in [1.54, 1.807) is 0 Å². The van der Waals surface area contributed by atoms with E-state index < -0.39 is 0 Å². The van der Waals surface area contributed by atoms with Gasteiger partial charge in [0.15, 0.2) is 0 Å². The van der Waals surface area contributed by atoms with Gasteiger partial charge in [0.2, 0.25) is 0 Å². The van der Waals surface area contributed by atoms with Crippen LogP contribution >= 0.6 is 24.8 Å². The van der Waals surface area contributed by atoms with Gasteiger partial charge in [-0.3, -0.25) is 0 Å². The Morgan fingerprint density at radius 3 is 1.29 bits per heavy atom. The molecule has 0 unspecified atom stereocenters. The quantitative estimate of drug-likeness (QED) is 0.587. The van der Waals surface area contributed by atoms with Gasteiger partial charge < -0.3 is 0 Å². The Morgan fingerprint density at radius 1 is 1.00 bits per heavy atom. The topological polar surface area (TPSA) is 0 Å². The summed E-state index contributed by atoms with van der Waals surface area (Å²) in [5.41, 5.74) is 0. The van der Waals surface area contributed by atoms with E-state index in [-0.39, 0.29) is 24.8 Å². The molecule has 0 heterocycles. The SMILES string of the molecule is C[CH2][Ni][CH2]C.Cl.Cl. The maximum atomic E-state index is 2.18. The third-order valence-electron chi connectivity index (χ3n) is 0.316. The molecule has 3 heteroatoms. The van der Waals surface area contributed by atoms with Crippen molar-refractivity contribution >= 4 is 24.8 Å². The van der Waals surface area contributed by atoms with E-state index in [9.17, 15) is 0 Å². The molecule has 0 bridgehead atoms. The summed E-state index contributed by atoms with van der Waals surface area (Å²) < 4.78 is 0. The first-order valence-electron chi connectivity index (χ1n) is 1.86. The minimum Gasteiger partial charge on any atom is -0.147 e. The predicted octanol–water partition coefficient (Wildman–Crippen LogP) is 2.79. The Kier molecular flexibility index (Phi) is 35.3. The third-order valence-corrected chi connectivity index (χ3v) is 1.30. The number of halogens is 2. The van der Waals surface area contributed by atoms with Crippen molar-refractivity contribution in [3.63, 3.8) is 0 Å². The second-order valence-electron chi connectivity index (χ2n) is 0.605. The molecule has 0 spiro atoms. The molecule has 0 aliphatic carbocycles. The number of rotatable bonds is 2. The van der Waals surface area contributed by atoms with Crippen molar-refractivity contribution in [1.82, 2.24) is 0 Å². The molecule has 0 nitrogen and oxygen atoms in total. The largest absolute Gasteiger partial charge is 0.147 e. The monoisotopic (exact) mass is 188 g/mol. The number of hydrogen-bond donors (Lipinski definition) is 0. The Morgan fingerprint density at radius 2 is 1.29 bits per heavy atom. The van der Waals surface area contributed by atoms with E-state index in [2.05, 4.69) is 13.8 Å². The molecule has 0 rings (SSSR count). The summed E-state index contributed by atoms with van der Waals surface area (Å²) in [6.45, 7) is 4.37. The molecular weight excluding hydrogens is 178 g/mol. The summed E-state index contributed by atoms with van der Waals surface area (Å²) >= 11 is 1.82. The molecule has 0 saturated heterocycles. The predicted molar refractivity (Wildman–Crippen MR) is 35.5 cm³/mol. The summed E-state index contributed by atoms with van der Waals surface area (Å²) in [5, 5.41) is 2.56. The standard InChI is InChI=1S/2C2H5.2ClH.Ni/c2*1-2;;;/h2*1H2,2H3;2*1H;. The maximum absolute atomic E-state index is 2.18. The summed E-state index contributed by atoms with van der Waals surface area (Å²) in [6.07, 6.45) is 0. The zero-order valence-corrected chi connectivity index (χ0v) is 7.17. The molecule has 0 amide bonds. The molecule has 0 saturated carbocycles. The van der Waals surface area contributed by atoms with Gasteiger partial charge in [0.1, 0.15) is 0 Å². The van der Waals surface area contributed by atoms with Crippen molar-refractivity contribution in [2.45, 2.75) is 24.6 Å². The van der Waals surface area contributed by atoms with Crippen molar-refractivity contribution in [1.29, 1.82) is 0 Å². The van der Waals surface area contributed by atoms with Crippen LogP contribution in [-0.2, 0) is 14.4 Å². The fourth-order valence-electron chi connectivity index (χ4n) is 0.158. The van der Waals surface area contributed by atoms with Gasteiger partial charge in [0.25, 0.3) is 0 Å². The van der Waals surface area contributed by atoms with E-state index in [0.717, 1.165) is 0 Å². The van der Waals surface area contributed by atoms with Crippen LogP contribution in [0.2, 0.25) is 10.8 Å². The van der Waals surface area contributed by atoms with Gasteiger partial charge in [-0.2, -0.15) is 0 Å². The minimum atomic E-state index is 0. The summed E-state index contributed by atoms with van der Waals surface area (Å²) in [4.78, 5) is 0. The average molecular weight is 190 g/mol. The van der Waals surface area contributed by atoms with Gasteiger partial charge in [-0.1, -0.05) is 0 Å². The van der Waals surface area contributed by atoms with E-state index in [0.29, 0.717) is 0 Å². The van der Waals surface area contributed by atoms with Crippen molar-refractivity contribution < 1.29 is 14.4 Å². The average Bonchev–Trinajstić information content (AvgIpc) is 1.41. The van der Waals surface area contributed by atoms with Crippen LogP contribution in [0.3, 0.4) is 0 Å². The van der Waals surface area contributed by atoms with Crippen molar-refractivity contribution in [3.8, 4) is 0 Å². The Hall–Kier alpha value is 1.07. The van der Waals surface area contributed by atoms with Gasteiger partial charge >= 0.3 is 39.1 Å². The normalized spacial score (nSPS) is 6.57. The molecule has 0 aromatic rings. The Bertz CT molecular complexity index is 17.2. The first-order valence-corrected chi connectivity index (χ1v) is 3.26. The Labute approximate surface area is 64.1 Å². The van der Waals surface area contributed by atoms with Gasteiger partial charge in [-0.25, -0.2) is 0 Å². The van der Waals surface area contributed by atoms with Crippen molar-refractivity contribution in [2.24, 2.45) is 0 Å². The molecule has 7 heavy (non-hydrogen) atoms. The molecule has 0 N–H and O–H groups in total. The maximum Gasteiger partial charge on any atom is -0.147 e. The van der Waals surface area contributed by atoms with Crippen LogP contribution in [0.25, 0.3) is 0 Å². The molecule has 0 aromatic carbocycles.